The van der Waals surface area contributed by atoms with Crippen molar-refractivity contribution in [3.8, 4) is 0 Å². The smallest absolute Gasteiger partial charge is 0.237 e. The van der Waals surface area contributed by atoms with Gasteiger partial charge in [-0.15, -0.1) is 0 Å². The Bertz CT molecular complexity index is 1290. The van der Waals surface area contributed by atoms with Gasteiger partial charge in [0.2, 0.25) is 23.6 Å². The highest BCUT2D eigenvalue weighted by molar-refractivity contribution is 5.86. The molecule has 2 atom stereocenters. The molecule has 2 heterocycles. The summed E-state index contributed by atoms with van der Waals surface area (Å²) in [6, 6.07) is 6.70. The molecule has 44 heavy (non-hydrogen) atoms. The summed E-state index contributed by atoms with van der Waals surface area (Å²) >= 11 is 0. The van der Waals surface area contributed by atoms with Gasteiger partial charge < -0.3 is 42.7 Å². The van der Waals surface area contributed by atoms with Crippen LogP contribution >= 0.6 is 0 Å². The van der Waals surface area contributed by atoms with Crippen molar-refractivity contribution in [2.75, 3.05) is 26.2 Å². The van der Waals surface area contributed by atoms with Crippen LogP contribution in [0.3, 0.4) is 0 Å². The molecule has 3 rings (SSSR count). The Morgan fingerprint density at radius 1 is 0.841 bits per heavy atom. The second kappa shape index (κ2) is 19.9. The molecule has 2 unspecified atom stereocenters. The van der Waals surface area contributed by atoms with E-state index in [0.717, 1.165) is 35.0 Å². The molecule has 0 radical (unpaired) electrons. The molecule has 1 aromatic carbocycles. The van der Waals surface area contributed by atoms with Crippen molar-refractivity contribution in [1.29, 1.82) is 0 Å². The highest BCUT2D eigenvalue weighted by Gasteiger charge is 2.16. The molecular formula is C31H49N9O4. The number of H-pyrrole nitrogens is 2. The van der Waals surface area contributed by atoms with Crippen LogP contribution in [-0.2, 0) is 32.0 Å². The molecule has 13 heteroatoms. The number of imidazole rings is 1. The van der Waals surface area contributed by atoms with Crippen molar-refractivity contribution in [2.24, 2.45) is 17.4 Å². The van der Waals surface area contributed by atoms with Crippen molar-refractivity contribution in [3.63, 3.8) is 0 Å². The fourth-order valence-electron chi connectivity index (χ4n) is 4.26. The van der Waals surface area contributed by atoms with Crippen LogP contribution in [0.5, 0.6) is 0 Å². The van der Waals surface area contributed by atoms with E-state index in [1.54, 1.807) is 12.5 Å². The molecule has 0 saturated carbocycles. The standard InChI is InChI=1S/C18H26N4O2.C13H23N5O2/c1-2-3-8-17(23)20-9-10-21-18(24)15(19)11-13-12-22-16-7-5-4-6-14(13)16;1-9(2)5-12(19)16-3-4-17-13(20)11(14)6-10-7-15-8-18-10/h4-7,12,15,22H,2-3,8-11,19H2,1H3,(H,20,23)(H,21,24);7-9,11H,3-6,14H2,1-2H3,(H,15,18)(H,16,19)(H,17,20). The van der Waals surface area contributed by atoms with Crippen molar-refractivity contribution in [2.45, 2.75) is 71.4 Å². The first-order chi connectivity index (χ1) is 21.1. The Balaban J connectivity index is 0.000000312. The second-order valence-corrected chi connectivity index (χ2v) is 11.0. The van der Waals surface area contributed by atoms with Crippen LogP contribution in [0.1, 0.15) is 57.7 Å². The molecule has 13 nitrogen and oxygen atoms in total. The van der Waals surface area contributed by atoms with Crippen molar-refractivity contribution >= 4 is 34.5 Å². The number of unbranched alkanes of at least 4 members (excludes halogenated alkanes) is 1. The molecule has 4 amide bonds. The largest absolute Gasteiger partial charge is 0.361 e. The Kier molecular flexibility index (Phi) is 16.2. The van der Waals surface area contributed by atoms with Gasteiger partial charge in [-0.05, 0) is 30.4 Å². The first kappa shape index (κ1) is 36.0. The van der Waals surface area contributed by atoms with E-state index in [9.17, 15) is 19.2 Å². The second-order valence-electron chi connectivity index (χ2n) is 11.0. The Labute approximate surface area is 259 Å². The minimum absolute atomic E-state index is 0.00370. The molecule has 3 aromatic rings. The lowest BCUT2D eigenvalue weighted by Crippen LogP contribution is -2.44. The van der Waals surface area contributed by atoms with Gasteiger partial charge in [0.15, 0.2) is 0 Å². The molecular weight excluding hydrogens is 562 g/mol. The molecule has 0 spiro atoms. The number of fused-ring (bicyclic) bond motifs is 1. The van der Waals surface area contributed by atoms with E-state index in [0.29, 0.717) is 57.8 Å². The summed E-state index contributed by atoms with van der Waals surface area (Å²) in [4.78, 5) is 56.6. The molecule has 242 valence electrons. The third-order valence-electron chi connectivity index (χ3n) is 6.63. The number of carbonyl (C=O) groups excluding carboxylic acids is 4. The van der Waals surface area contributed by atoms with Gasteiger partial charge in [0.1, 0.15) is 0 Å². The number of hydrogen-bond acceptors (Lipinski definition) is 7. The van der Waals surface area contributed by atoms with Crippen molar-refractivity contribution < 1.29 is 19.2 Å². The van der Waals surface area contributed by atoms with Crippen LogP contribution in [0.15, 0.2) is 43.0 Å². The molecule has 2 aromatic heterocycles. The number of benzene rings is 1. The molecule has 0 aliphatic rings. The molecule has 0 aliphatic heterocycles. The number of aromatic amines is 2. The van der Waals surface area contributed by atoms with Crippen LogP contribution in [0, 0.1) is 5.92 Å². The van der Waals surface area contributed by atoms with Crippen LogP contribution in [0.2, 0.25) is 0 Å². The molecule has 0 bridgehead atoms. The minimum Gasteiger partial charge on any atom is -0.361 e. The van der Waals surface area contributed by atoms with E-state index >= 15 is 0 Å². The summed E-state index contributed by atoms with van der Waals surface area (Å²) < 4.78 is 0. The Morgan fingerprint density at radius 2 is 1.45 bits per heavy atom. The zero-order valence-corrected chi connectivity index (χ0v) is 26.1. The first-order valence-electron chi connectivity index (χ1n) is 15.2. The summed E-state index contributed by atoms with van der Waals surface area (Å²) in [5.41, 5.74) is 14.6. The highest BCUT2D eigenvalue weighted by Crippen LogP contribution is 2.18. The zero-order valence-electron chi connectivity index (χ0n) is 26.1. The van der Waals surface area contributed by atoms with Crippen LogP contribution in [0.25, 0.3) is 10.9 Å². The normalized spacial score (nSPS) is 12.1. The lowest BCUT2D eigenvalue weighted by Gasteiger charge is -2.12. The molecule has 0 fully saturated rings. The zero-order chi connectivity index (χ0) is 32.3. The number of nitrogens with two attached hydrogens (primary N) is 2. The number of nitrogens with zero attached hydrogens (tertiary/aromatic N) is 1. The average molecular weight is 612 g/mol. The highest BCUT2D eigenvalue weighted by atomic mass is 16.2. The summed E-state index contributed by atoms with van der Waals surface area (Å²) in [6.45, 7) is 7.61. The lowest BCUT2D eigenvalue weighted by atomic mass is 10.1. The van der Waals surface area contributed by atoms with Gasteiger partial charge in [-0.25, -0.2) is 4.98 Å². The fraction of sp³-hybridized carbons (Fsp3) is 0.516. The Hall–Kier alpha value is -4.23. The topological polar surface area (TPSA) is 213 Å². The summed E-state index contributed by atoms with van der Waals surface area (Å²) in [7, 11) is 0. The van der Waals surface area contributed by atoms with E-state index in [4.69, 9.17) is 11.5 Å². The van der Waals surface area contributed by atoms with Gasteiger partial charge in [-0.3, -0.25) is 19.2 Å². The van der Waals surface area contributed by atoms with Gasteiger partial charge in [-0.2, -0.15) is 0 Å². The Morgan fingerprint density at radius 3 is 2.07 bits per heavy atom. The fourth-order valence-corrected chi connectivity index (χ4v) is 4.26. The number of aromatic nitrogens is 3. The molecule has 0 aliphatic carbocycles. The van der Waals surface area contributed by atoms with E-state index < -0.39 is 12.1 Å². The third-order valence-corrected chi connectivity index (χ3v) is 6.63. The summed E-state index contributed by atoms with van der Waals surface area (Å²) in [5, 5.41) is 12.1. The van der Waals surface area contributed by atoms with Gasteiger partial charge in [0.05, 0.1) is 18.4 Å². The minimum atomic E-state index is -0.623. The van der Waals surface area contributed by atoms with Gasteiger partial charge in [-0.1, -0.05) is 45.4 Å². The number of rotatable bonds is 17. The molecule has 10 N–H and O–H groups in total. The number of nitrogens with one attached hydrogen (secondary N) is 6. The van der Waals surface area contributed by atoms with Gasteiger partial charge in [0.25, 0.3) is 0 Å². The predicted octanol–water partition coefficient (Wildman–Crippen LogP) is 1.02. The number of hydrogen-bond donors (Lipinski definition) is 8. The van der Waals surface area contributed by atoms with Crippen LogP contribution in [-0.4, -0.2) is 76.8 Å². The quantitative estimate of drug-likeness (QED) is 0.104. The lowest BCUT2D eigenvalue weighted by molar-refractivity contribution is -0.123. The van der Waals surface area contributed by atoms with Crippen LogP contribution < -0.4 is 32.7 Å². The predicted molar refractivity (Wildman–Crippen MR) is 171 cm³/mol. The van der Waals surface area contributed by atoms with Gasteiger partial charge in [0, 0.05) is 74.4 Å². The maximum atomic E-state index is 12.1. The SMILES string of the molecule is CC(C)CC(=O)NCCNC(=O)C(N)Cc1cnc[nH]1.CCCCC(=O)NCCNC(=O)C(N)Cc1c[nH]c2ccccc12. The van der Waals surface area contributed by atoms with E-state index in [-0.39, 0.29) is 23.6 Å². The van der Waals surface area contributed by atoms with E-state index in [2.05, 4.69) is 36.2 Å². The van der Waals surface area contributed by atoms with E-state index in [1.807, 2.05) is 51.2 Å². The number of amides is 4. The average Bonchev–Trinajstić information content (AvgIpc) is 3.66. The number of carbonyl (C=O) groups is 4. The van der Waals surface area contributed by atoms with Crippen molar-refractivity contribution in [3.05, 3.63) is 54.2 Å². The monoisotopic (exact) mass is 611 g/mol. The summed E-state index contributed by atoms with van der Waals surface area (Å²) in [5.74, 6) is -0.0987. The first-order valence-corrected chi connectivity index (χ1v) is 15.2. The van der Waals surface area contributed by atoms with E-state index in [1.165, 1.54) is 0 Å². The third kappa shape index (κ3) is 13.8. The van der Waals surface area contributed by atoms with Crippen LogP contribution in [0.4, 0.5) is 0 Å². The number of para-hydroxylation sites is 1. The van der Waals surface area contributed by atoms with Crippen molar-refractivity contribution in [1.82, 2.24) is 36.2 Å². The van der Waals surface area contributed by atoms with Gasteiger partial charge >= 0.3 is 0 Å². The summed E-state index contributed by atoms with van der Waals surface area (Å²) in [6.07, 6.45) is 8.86. The molecule has 0 saturated heterocycles. The maximum absolute atomic E-state index is 12.1. The maximum Gasteiger partial charge on any atom is 0.237 e.